The minimum atomic E-state index is -4.45. The van der Waals surface area contributed by atoms with Gasteiger partial charge in [-0.05, 0) is 23.2 Å². The van der Waals surface area contributed by atoms with Crippen molar-refractivity contribution in [1.82, 2.24) is 0 Å². The maximum atomic E-state index is 12.6. The molecule has 0 fully saturated rings. The summed E-state index contributed by atoms with van der Waals surface area (Å²) in [6.07, 6.45) is 0. The molecule has 2 aromatic rings. The third kappa shape index (κ3) is 3.84. The van der Waals surface area contributed by atoms with Crippen molar-refractivity contribution >= 4 is 28.9 Å². The number of thioether (sulfide) groups is 1. The van der Waals surface area contributed by atoms with Crippen molar-refractivity contribution in [3.8, 4) is 0 Å². The number of Topliss-reactive ketones (excluding diaryl/α,β-unsaturated/α-hetero) is 1. The van der Waals surface area contributed by atoms with Crippen molar-refractivity contribution in [1.29, 1.82) is 0 Å². The van der Waals surface area contributed by atoms with Crippen molar-refractivity contribution in [2.75, 3.05) is 0 Å². The van der Waals surface area contributed by atoms with E-state index in [0.29, 0.717) is 4.88 Å². The number of hydrogen-bond donors (Lipinski definition) is 0. The summed E-state index contributed by atoms with van der Waals surface area (Å²) in [5.74, 6) is -0.523. The zero-order chi connectivity index (χ0) is 13.9. The van der Waals surface area contributed by atoms with Gasteiger partial charge in [0.1, 0.15) is 5.25 Å². The molecule has 1 heterocycles. The van der Waals surface area contributed by atoms with Gasteiger partial charge in [-0.1, -0.05) is 36.4 Å². The molecule has 0 amide bonds. The Labute approximate surface area is 116 Å². The summed E-state index contributed by atoms with van der Waals surface area (Å²) < 4.78 is 37.8. The molecule has 0 aliphatic rings. The Morgan fingerprint density at radius 3 is 2.32 bits per heavy atom. The molecule has 0 saturated heterocycles. The molecule has 0 N–H and O–H groups in total. The highest BCUT2D eigenvalue weighted by Gasteiger charge is 2.38. The van der Waals surface area contributed by atoms with Gasteiger partial charge in [-0.25, -0.2) is 0 Å². The van der Waals surface area contributed by atoms with Crippen LogP contribution in [0, 0.1) is 0 Å². The summed E-state index contributed by atoms with van der Waals surface area (Å²) in [6, 6.07) is 11.2. The highest BCUT2D eigenvalue weighted by Crippen LogP contribution is 2.44. The van der Waals surface area contributed by atoms with Crippen LogP contribution in [-0.4, -0.2) is 11.3 Å². The first-order valence-corrected chi connectivity index (χ1v) is 7.10. The minimum absolute atomic E-state index is 0.277. The van der Waals surface area contributed by atoms with Crippen LogP contribution < -0.4 is 0 Å². The first-order valence-electron chi connectivity index (χ1n) is 5.34. The number of carbonyl (C=O) groups is 1. The van der Waals surface area contributed by atoms with Crippen LogP contribution in [0.2, 0.25) is 0 Å². The van der Waals surface area contributed by atoms with Crippen LogP contribution in [0.15, 0.2) is 47.8 Å². The molecule has 100 valence electrons. The van der Waals surface area contributed by atoms with Crippen molar-refractivity contribution in [2.45, 2.75) is 10.8 Å². The minimum Gasteiger partial charge on any atom is -0.293 e. The van der Waals surface area contributed by atoms with Gasteiger partial charge >= 0.3 is 5.51 Å². The smallest absolute Gasteiger partial charge is 0.293 e. The summed E-state index contributed by atoms with van der Waals surface area (Å²) in [4.78, 5) is 12.6. The van der Waals surface area contributed by atoms with Crippen LogP contribution in [-0.2, 0) is 0 Å². The average molecular weight is 302 g/mol. The number of thiophene rings is 1. The fourth-order valence-electron chi connectivity index (χ4n) is 1.57. The van der Waals surface area contributed by atoms with E-state index in [9.17, 15) is 18.0 Å². The van der Waals surface area contributed by atoms with Gasteiger partial charge in [0.2, 0.25) is 0 Å². The van der Waals surface area contributed by atoms with E-state index in [4.69, 9.17) is 0 Å². The van der Waals surface area contributed by atoms with Crippen molar-refractivity contribution < 1.29 is 18.0 Å². The van der Waals surface area contributed by atoms with Gasteiger partial charge in [0.15, 0.2) is 5.78 Å². The van der Waals surface area contributed by atoms with E-state index in [0.717, 1.165) is 11.3 Å². The second-order valence-electron chi connectivity index (χ2n) is 3.69. The van der Waals surface area contributed by atoms with Gasteiger partial charge in [-0.2, -0.15) is 13.2 Å². The van der Waals surface area contributed by atoms with E-state index in [1.807, 2.05) is 0 Å². The summed E-state index contributed by atoms with van der Waals surface area (Å²) in [5.41, 5.74) is -4.16. The van der Waals surface area contributed by atoms with E-state index in [-0.39, 0.29) is 17.3 Å². The highest BCUT2D eigenvalue weighted by molar-refractivity contribution is 8.01. The maximum absolute atomic E-state index is 12.6. The fourth-order valence-corrected chi connectivity index (χ4v) is 3.29. The predicted octanol–water partition coefficient (Wildman–Crippen LogP) is 4.93. The quantitative estimate of drug-likeness (QED) is 0.745. The van der Waals surface area contributed by atoms with Crippen LogP contribution in [0.3, 0.4) is 0 Å². The first kappa shape index (κ1) is 14.1. The van der Waals surface area contributed by atoms with Crippen LogP contribution in [0.1, 0.15) is 20.5 Å². The maximum Gasteiger partial charge on any atom is 0.442 e. The average Bonchev–Trinajstić information content (AvgIpc) is 2.89. The Morgan fingerprint density at radius 1 is 1.11 bits per heavy atom. The largest absolute Gasteiger partial charge is 0.442 e. The number of ketones is 1. The lowest BCUT2D eigenvalue weighted by Crippen LogP contribution is -2.14. The second kappa shape index (κ2) is 5.79. The summed E-state index contributed by atoms with van der Waals surface area (Å²) >= 11 is 0.876. The van der Waals surface area contributed by atoms with Crippen LogP contribution >= 0.6 is 23.1 Å². The Bertz CT molecular complexity index is 535. The highest BCUT2D eigenvalue weighted by atomic mass is 32.2. The third-order valence-electron chi connectivity index (χ3n) is 2.35. The molecule has 0 bridgehead atoms. The van der Waals surface area contributed by atoms with Crippen molar-refractivity contribution in [3.05, 3.63) is 58.3 Å². The van der Waals surface area contributed by atoms with Gasteiger partial charge in [-0.15, -0.1) is 11.3 Å². The van der Waals surface area contributed by atoms with Gasteiger partial charge in [0.25, 0.3) is 0 Å². The van der Waals surface area contributed by atoms with Gasteiger partial charge in [0, 0.05) is 10.4 Å². The van der Waals surface area contributed by atoms with Crippen molar-refractivity contribution in [3.63, 3.8) is 0 Å². The second-order valence-corrected chi connectivity index (χ2v) is 5.84. The Kier molecular flexibility index (Phi) is 4.31. The number of alkyl halides is 3. The van der Waals surface area contributed by atoms with E-state index in [1.165, 1.54) is 12.1 Å². The third-order valence-corrected chi connectivity index (χ3v) is 4.41. The van der Waals surface area contributed by atoms with Crippen molar-refractivity contribution in [2.24, 2.45) is 0 Å². The lowest BCUT2D eigenvalue weighted by Gasteiger charge is -2.15. The summed E-state index contributed by atoms with van der Waals surface area (Å²) in [5, 5.41) is 0.430. The zero-order valence-electron chi connectivity index (χ0n) is 9.55. The topological polar surface area (TPSA) is 17.1 Å². The number of carbonyl (C=O) groups excluding carboxylic acids is 1. The van der Waals surface area contributed by atoms with Crippen LogP contribution in [0.25, 0.3) is 0 Å². The molecule has 19 heavy (non-hydrogen) atoms. The molecule has 1 aromatic carbocycles. The van der Waals surface area contributed by atoms with E-state index in [1.54, 1.807) is 35.7 Å². The Morgan fingerprint density at radius 2 is 1.79 bits per heavy atom. The molecule has 0 saturated carbocycles. The molecule has 1 atom stereocenters. The molecule has 1 nitrogen and oxygen atoms in total. The fraction of sp³-hybridized carbons (Fsp3) is 0.154. The molecule has 0 aliphatic carbocycles. The lowest BCUT2D eigenvalue weighted by atomic mass is 10.1. The van der Waals surface area contributed by atoms with Gasteiger partial charge < -0.3 is 0 Å². The molecule has 1 aromatic heterocycles. The lowest BCUT2D eigenvalue weighted by molar-refractivity contribution is -0.0333. The van der Waals surface area contributed by atoms with E-state index in [2.05, 4.69) is 0 Å². The zero-order valence-corrected chi connectivity index (χ0v) is 11.2. The van der Waals surface area contributed by atoms with E-state index < -0.39 is 16.5 Å². The number of benzene rings is 1. The number of rotatable bonds is 4. The Hall–Kier alpha value is -1.27. The normalized spacial score (nSPS) is 13.2. The monoisotopic (exact) mass is 302 g/mol. The number of halogens is 3. The van der Waals surface area contributed by atoms with Crippen LogP contribution in [0.4, 0.5) is 13.2 Å². The molecular weight excluding hydrogens is 293 g/mol. The first-order chi connectivity index (χ1) is 8.97. The van der Waals surface area contributed by atoms with Gasteiger partial charge in [0.05, 0.1) is 0 Å². The SMILES string of the molecule is O=C(c1ccccc1)[C@H](SC(F)(F)F)c1cccs1. The molecule has 2 rings (SSSR count). The summed E-state index contributed by atoms with van der Waals surface area (Å²) in [7, 11) is 0. The standard InChI is InChI=1S/C13H9F3OS2/c14-13(15,16)19-12(10-7-4-8-18-10)11(17)9-5-2-1-3-6-9/h1-8,12H/t12-/m1/s1. The van der Waals surface area contributed by atoms with Crippen LogP contribution in [0.5, 0.6) is 0 Å². The van der Waals surface area contributed by atoms with E-state index >= 15 is 0 Å². The number of hydrogen-bond acceptors (Lipinski definition) is 3. The molecule has 0 spiro atoms. The predicted molar refractivity (Wildman–Crippen MR) is 71.5 cm³/mol. The molecular formula is C13H9F3OS2. The molecule has 6 heteroatoms. The molecule has 0 radical (unpaired) electrons. The van der Waals surface area contributed by atoms with Gasteiger partial charge in [-0.3, -0.25) is 4.79 Å². The summed E-state index contributed by atoms with van der Waals surface area (Å²) in [6.45, 7) is 0. The Balaban J connectivity index is 2.31. The molecule has 0 unspecified atom stereocenters. The molecule has 0 aliphatic heterocycles.